The molecule has 0 aliphatic heterocycles. The van der Waals surface area contributed by atoms with E-state index in [2.05, 4.69) is 10.3 Å². The van der Waals surface area contributed by atoms with Crippen LogP contribution in [0.5, 0.6) is 0 Å². The van der Waals surface area contributed by atoms with Gasteiger partial charge in [0, 0.05) is 12.2 Å². The van der Waals surface area contributed by atoms with Gasteiger partial charge in [-0.05, 0) is 37.9 Å². The normalized spacial score (nSPS) is 10.7. The third-order valence-electron chi connectivity index (χ3n) is 2.73. The van der Waals surface area contributed by atoms with Crippen molar-refractivity contribution in [3.8, 4) is 0 Å². The summed E-state index contributed by atoms with van der Waals surface area (Å²) in [5.41, 5.74) is 1.69. The minimum Gasteiger partial charge on any atom is -0.322 e. The number of amides is 1. The predicted octanol–water partition coefficient (Wildman–Crippen LogP) is 3.19. The number of carbonyl (C=O) groups is 1. The number of rotatable bonds is 4. The van der Waals surface area contributed by atoms with Gasteiger partial charge in [-0.25, -0.2) is 9.37 Å². The van der Waals surface area contributed by atoms with Gasteiger partial charge in [0.05, 0.1) is 11.8 Å². The monoisotopic (exact) mass is 307 g/mol. The molecule has 1 aromatic heterocycles. The Morgan fingerprint density at radius 3 is 2.86 bits per heavy atom. The molecule has 110 valence electrons. The number of carbonyl (C=O) groups excluding carboxylic acids is 1. The largest absolute Gasteiger partial charge is 0.322 e. The average Bonchev–Trinajstić information content (AvgIpc) is 2.41. The first kappa shape index (κ1) is 15.4. The second-order valence-electron chi connectivity index (χ2n) is 4.88. The minimum absolute atomic E-state index is 0.00896. The fraction of sp³-hybridized carbons (Fsp3) is 0.200. The molecule has 1 N–H and O–H groups in total. The van der Waals surface area contributed by atoms with Gasteiger partial charge >= 0.3 is 0 Å². The van der Waals surface area contributed by atoms with Crippen LogP contribution in [0, 0.1) is 5.82 Å². The molecule has 2 rings (SSSR count). The first-order valence-corrected chi connectivity index (χ1v) is 6.69. The summed E-state index contributed by atoms with van der Waals surface area (Å²) in [4.78, 5) is 17.8. The molecule has 0 saturated carbocycles. The molecule has 1 aromatic carbocycles. The van der Waals surface area contributed by atoms with Gasteiger partial charge in [-0.2, -0.15) is 0 Å². The summed E-state index contributed by atoms with van der Waals surface area (Å²) in [5, 5.41) is 2.66. The van der Waals surface area contributed by atoms with Crippen LogP contribution in [-0.2, 0) is 6.54 Å². The third kappa shape index (κ3) is 4.24. The quantitative estimate of drug-likeness (QED) is 0.882. The summed E-state index contributed by atoms with van der Waals surface area (Å²) in [5.74, 6) is -1.10. The maximum Gasteiger partial charge on any atom is 0.258 e. The highest BCUT2D eigenvalue weighted by Crippen LogP contribution is 2.17. The Balaban J connectivity index is 2.17. The van der Waals surface area contributed by atoms with Crippen LogP contribution in [0.2, 0.25) is 5.15 Å². The molecular formula is C15H15ClFN3O. The predicted molar refractivity (Wildman–Crippen MR) is 81.0 cm³/mol. The molecule has 0 bridgehead atoms. The first-order chi connectivity index (χ1) is 9.95. The van der Waals surface area contributed by atoms with E-state index in [1.807, 2.05) is 37.2 Å². The van der Waals surface area contributed by atoms with Crippen molar-refractivity contribution in [3.63, 3.8) is 0 Å². The van der Waals surface area contributed by atoms with Crippen molar-refractivity contribution in [2.24, 2.45) is 0 Å². The Morgan fingerprint density at radius 1 is 1.38 bits per heavy atom. The van der Waals surface area contributed by atoms with Crippen LogP contribution in [0.15, 0.2) is 36.5 Å². The molecule has 0 radical (unpaired) electrons. The zero-order chi connectivity index (χ0) is 15.4. The van der Waals surface area contributed by atoms with E-state index in [1.165, 1.54) is 0 Å². The van der Waals surface area contributed by atoms with Gasteiger partial charge in [0.15, 0.2) is 0 Å². The van der Waals surface area contributed by atoms with Crippen LogP contribution in [0.4, 0.5) is 10.1 Å². The van der Waals surface area contributed by atoms with Gasteiger partial charge in [0.25, 0.3) is 5.91 Å². The smallest absolute Gasteiger partial charge is 0.258 e. The van der Waals surface area contributed by atoms with Crippen LogP contribution in [0.1, 0.15) is 15.9 Å². The van der Waals surface area contributed by atoms with E-state index < -0.39 is 11.7 Å². The summed E-state index contributed by atoms with van der Waals surface area (Å²) in [7, 11) is 3.92. The number of nitrogens with zero attached hydrogens (tertiary/aromatic N) is 2. The molecule has 0 unspecified atom stereocenters. The summed E-state index contributed by atoms with van der Waals surface area (Å²) < 4.78 is 13.1. The Hall–Kier alpha value is -1.98. The topological polar surface area (TPSA) is 45.2 Å². The molecule has 1 heterocycles. The lowest BCUT2D eigenvalue weighted by Gasteiger charge is -2.11. The average molecular weight is 308 g/mol. The molecule has 0 atom stereocenters. The second-order valence-corrected chi connectivity index (χ2v) is 5.24. The molecule has 0 fully saturated rings. The molecule has 6 heteroatoms. The molecule has 0 saturated heterocycles. The number of hydrogen-bond acceptors (Lipinski definition) is 3. The Bertz CT molecular complexity index is 661. The zero-order valence-corrected chi connectivity index (χ0v) is 12.5. The fourth-order valence-electron chi connectivity index (χ4n) is 1.89. The molecule has 0 aliphatic carbocycles. The summed E-state index contributed by atoms with van der Waals surface area (Å²) >= 11 is 5.81. The van der Waals surface area contributed by atoms with Crippen molar-refractivity contribution < 1.29 is 9.18 Å². The van der Waals surface area contributed by atoms with E-state index >= 15 is 0 Å². The van der Waals surface area contributed by atoms with Gasteiger partial charge in [-0.3, -0.25) is 4.79 Å². The van der Waals surface area contributed by atoms with Crippen LogP contribution in [0.25, 0.3) is 0 Å². The van der Waals surface area contributed by atoms with Crippen molar-refractivity contribution in [2.75, 3.05) is 19.4 Å². The van der Waals surface area contributed by atoms with E-state index in [9.17, 15) is 9.18 Å². The third-order valence-corrected chi connectivity index (χ3v) is 3.04. The Kier molecular flexibility index (Phi) is 4.88. The molecule has 2 aromatic rings. The van der Waals surface area contributed by atoms with Crippen molar-refractivity contribution >= 4 is 23.2 Å². The lowest BCUT2D eigenvalue weighted by atomic mass is 10.2. The number of halogens is 2. The molecule has 0 spiro atoms. The minimum atomic E-state index is -0.606. The lowest BCUT2D eigenvalue weighted by molar-refractivity contribution is 0.102. The number of aromatic nitrogens is 1. The molecule has 0 aliphatic rings. The summed E-state index contributed by atoms with van der Waals surface area (Å²) in [6.07, 6.45) is 0.969. The van der Waals surface area contributed by atoms with Crippen molar-refractivity contribution in [1.29, 1.82) is 0 Å². The van der Waals surface area contributed by atoms with Crippen molar-refractivity contribution in [1.82, 2.24) is 9.88 Å². The van der Waals surface area contributed by atoms with E-state index in [4.69, 9.17) is 11.6 Å². The highest BCUT2D eigenvalue weighted by molar-refractivity contribution is 6.33. The van der Waals surface area contributed by atoms with E-state index in [-0.39, 0.29) is 10.7 Å². The van der Waals surface area contributed by atoms with E-state index in [1.54, 1.807) is 6.07 Å². The van der Waals surface area contributed by atoms with Crippen molar-refractivity contribution in [3.05, 3.63) is 58.6 Å². The molecule has 1 amide bonds. The zero-order valence-electron chi connectivity index (χ0n) is 11.7. The SMILES string of the molecule is CN(C)Cc1cccc(NC(=O)c2cc(F)cnc2Cl)c1. The molecular weight excluding hydrogens is 293 g/mol. The van der Waals surface area contributed by atoms with E-state index in [0.717, 1.165) is 24.4 Å². The Labute approximate surface area is 127 Å². The maximum absolute atomic E-state index is 13.1. The number of anilines is 1. The van der Waals surface area contributed by atoms with Gasteiger partial charge in [-0.1, -0.05) is 23.7 Å². The van der Waals surface area contributed by atoms with Gasteiger partial charge in [0.2, 0.25) is 0 Å². The van der Waals surface area contributed by atoms with Gasteiger partial charge in [-0.15, -0.1) is 0 Å². The summed E-state index contributed by atoms with van der Waals surface area (Å²) in [6, 6.07) is 8.50. The van der Waals surface area contributed by atoms with Gasteiger partial charge < -0.3 is 10.2 Å². The van der Waals surface area contributed by atoms with E-state index in [0.29, 0.717) is 5.69 Å². The van der Waals surface area contributed by atoms with Crippen LogP contribution in [-0.4, -0.2) is 29.9 Å². The number of pyridine rings is 1. The van der Waals surface area contributed by atoms with Crippen LogP contribution in [0.3, 0.4) is 0 Å². The second kappa shape index (κ2) is 6.65. The van der Waals surface area contributed by atoms with Crippen LogP contribution >= 0.6 is 11.6 Å². The maximum atomic E-state index is 13.1. The summed E-state index contributed by atoms with van der Waals surface area (Å²) in [6.45, 7) is 0.756. The van der Waals surface area contributed by atoms with Gasteiger partial charge in [0.1, 0.15) is 11.0 Å². The van der Waals surface area contributed by atoms with Crippen molar-refractivity contribution in [2.45, 2.75) is 6.54 Å². The number of hydrogen-bond donors (Lipinski definition) is 1. The first-order valence-electron chi connectivity index (χ1n) is 6.32. The Morgan fingerprint density at radius 2 is 2.14 bits per heavy atom. The molecule has 21 heavy (non-hydrogen) atoms. The molecule has 4 nitrogen and oxygen atoms in total. The lowest BCUT2D eigenvalue weighted by Crippen LogP contribution is -2.14. The number of benzene rings is 1. The fourth-order valence-corrected chi connectivity index (χ4v) is 2.08. The highest BCUT2D eigenvalue weighted by atomic mass is 35.5. The highest BCUT2D eigenvalue weighted by Gasteiger charge is 2.13. The van der Waals surface area contributed by atoms with Crippen LogP contribution < -0.4 is 5.32 Å². The standard InChI is InChI=1S/C15H15ClFN3O/c1-20(2)9-10-4-3-5-12(6-10)19-15(21)13-7-11(17)8-18-14(13)16/h3-8H,9H2,1-2H3,(H,19,21). The number of nitrogens with one attached hydrogen (secondary N) is 1.